The summed E-state index contributed by atoms with van der Waals surface area (Å²) in [5.74, 6) is 0. The number of rotatable bonds is 6. The Morgan fingerprint density at radius 1 is 1.30 bits per heavy atom. The molecular weight excluding hydrogens is 276 g/mol. The van der Waals surface area contributed by atoms with Gasteiger partial charge in [0.1, 0.15) is 0 Å². The average molecular weight is 298 g/mol. The Hall–Kier alpha value is -0.950. The van der Waals surface area contributed by atoms with Gasteiger partial charge in [0.15, 0.2) is 0 Å². The summed E-state index contributed by atoms with van der Waals surface area (Å²) in [6.45, 7) is 0.449. The zero-order valence-electron chi connectivity index (χ0n) is 12.0. The Morgan fingerprint density at radius 2 is 2.00 bits per heavy atom. The zero-order valence-corrected chi connectivity index (χ0v) is 12.8. The van der Waals surface area contributed by atoms with E-state index in [1.54, 1.807) is 12.1 Å². The molecule has 1 aliphatic carbocycles. The van der Waals surface area contributed by atoms with E-state index in [9.17, 15) is 13.5 Å². The summed E-state index contributed by atoms with van der Waals surface area (Å²) in [4.78, 5) is 2.10. The summed E-state index contributed by atoms with van der Waals surface area (Å²) in [5, 5.41) is 9.72. The number of fused-ring (bicyclic) bond motifs is 1. The second-order valence-electron chi connectivity index (χ2n) is 5.55. The number of aliphatic hydroxyl groups is 1. The largest absolute Gasteiger partial charge is 0.390 e. The molecule has 1 aromatic carbocycles. The molecule has 0 radical (unpaired) electrons. The molecule has 20 heavy (non-hydrogen) atoms. The van der Waals surface area contributed by atoms with Crippen LogP contribution in [0.5, 0.6) is 0 Å². The Morgan fingerprint density at radius 3 is 2.70 bits per heavy atom. The van der Waals surface area contributed by atoms with Crippen LogP contribution in [0.15, 0.2) is 23.1 Å². The maximum absolute atomic E-state index is 12.2. The molecule has 0 aliphatic heterocycles. The van der Waals surface area contributed by atoms with Gasteiger partial charge < -0.3 is 10.0 Å². The van der Waals surface area contributed by atoms with E-state index >= 15 is 0 Å². The fourth-order valence-electron chi connectivity index (χ4n) is 2.49. The van der Waals surface area contributed by atoms with Crippen LogP contribution in [-0.2, 0) is 22.9 Å². The third kappa shape index (κ3) is 3.79. The topological polar surface area (TPSA) is 69.6 Å². The summed E-state index contributed by atoms with van der Waals surface area (Å²) in [7, 11) is 0.122. The minimum atomic E-state index is -3.54. The zero-order chi connectivity index (χ0) is 14.8. The van der Waals surface area contributed by atoms with Crippen LogP contribution in [0.1, 0.15) is 17.5 Å². The van der Waals surface area contributed by atoms with Gasteiger partial charge in [-0.15, -0.1) is 0 Å². The standard InChI is InChI=1S/C14H22N2O3S/c1-16(2)10-13(17)9-15-20(18,19)14-7-6-11-4-3-5-12(11)8-14/h6-8,13,15,17H,3-5,9-10H2,1-2H3/t13-/m0/s1. The van der Waals surface area contributed by atoms with Gasteiger partial charge in [0.2, 0.25) is 10.0 Å². The monoisotopic (exact) mass is 298 g/mol. The van der Waals surface area contributed by atoms with E-state index in [-0.39, 0.29) is 11.4 Å². The summed E-state index contributed by atoms with van der Waals surface area (Å²) >= 11 is 0. The molecule has 0 unspecified atom stereocenters. The second kappa shape index (κ2) is 6.22. The number of nitrogens with one attached hydrogen (secondary N) is 1. The summed E-state index contributed by atoms with van der Waals surface area (Å²) in [5.41, 5.74) is 2.37. The fraction of sp³-hybridized carbons (Fsp3) is 0.571. The lowest BCUT2D eigenvalue weighted by molar-refractivity contribution is 0.140. The van der Waals surface area contributed by atoms with Gasteiger partial charge in [0.05, 0.1) is 11.0 Å². The molecule has 0 fully saturated rings. The highest BCUT2D eigenvalue weighted by Crippen LogP contribution is 2.24. The van der Waals surface area contributed by atoms with Gasteiger partial charge in [0, 0.05) is 13.1 Å². The van der Waals surface area contributed by atoms with Crippen molar-refractivity contribution < 1.29 is 13.5 Å². The van der Waals surface area contributed by atoms with Gasteiger partial charge in [-0.1, -0.05) is 6.07 Å². The quantitative estimate of drug-likeness (QED) is 0.796. The SMILES string of the molecule is CN(C)C[C@@H](O)CNS(=O)(=O)c1ccc2c(c1)CCC2. The number of nitrogens with zero attached hydrogens (tertiary/aromatic N) is 1. The van der Waals surface area contributed by atoms with Crippen LogP contribution in [0.4, 0.5) is 0 Å². The minimum absolute atomic E-state index is 0.0254. The molecule has 0 bridgehead atoms. The van der Waals surface area contributed by atoms with Gasteiger partial charge in [-0.2, -0.15) is 0 Å². The van der Waals surface area contributed by atoms with E-state index in [4.69, 9.17) is 0 Å². The predicted molar refractivity (Wildman–Crippen MR) is 78.2 cm³/mol. The molecule has 1 aromatic rings. The summed E-state index contributed by atoms with van der Waals surface area (Å²) in [6, 6.07) is 5.29. The third-order valence-corrected chi connectivity index (χ3v) is 4.89. The van der Waals surface area contributed by atoms with Crippen LogP contribution in [0.3, 0.4) is 0 Å². The Bertz CT molecular complexity index is 570. The highest BCUT2D eigenvalue weighted by atomic mass is 32.2. The molecule has 0 amide bonds. The molecule has 1 atom stereocenters. The second-order valence-corrected chi connectivity index (χ2v) is 7.32. The predicted octanol–water partition coefficient (Wildman–Crippen LogP) is 0.376. The molecule has 2 N–H and O–H groups in total. The van der Waals surface area contributed by atoms with Crippen molar-refractivity contribution in [3.63, 3.8) is 0 Å². The van der Waals surface area contributed by atoms with E-state index in [0.717, 1.165) is 24.8 Å². The van der Waals surface area contributed by atoms with Crippen LogP contribution in [0.2, 0.25) is 0 Å². The fourth-order valence-corrected chi connectivity index (χ4v) is 3.61. The number of likely N-dealkylation sites (N-methyl/N-ethyl adjacent to an activating group) is 1. The van der Waals surface area contributed by atoms with Crippen LogP contribution in [0, 0.1) is 0 Å². The van der Waals surface area contributed by atoms with Crippen LogP contribution in [-0.4, -0.2) is 51.7 Å². The van der Waals surface area contributed by atoms with E-state index in [2.05, 4.69) is 4.72 Å². The third-order valence-electron chi connectivity index (χ3n) is 3.47. The van der Waals surface area contributed by atoms with Crippen molar-refractivity contribution >= 4 is 10.0 Å². The number of sulfonamides is 1. The summed E-state index contributed by atoms with van der Waals surface area (Å²) in [6.07, 6.45) is 2.36. The number of aryl methyl sites for hydroxylation is 2. The van der Waals surface area contributed by atoms with Gasteiger partial charge >= 0.3 is 0 Å². The maximum Gasteiger partial charge on any atom is 0.240 e. The lowest BCUT2D eigenvalue weighted by Crippen LogP contribution is -2.37. The van der Waals surface area contributed by atoms with Crippen molar-refractivity contribution in [3.8, 4) is 0 Å². The molecule has 0 aromatic heterocycles. The smallest absolute Gasteiger partial charge is 0.240 e. The highest BCUT2D eigenvalue weighted by Gasteiger charge is 2.19. The number of hydrogen-bond donors (Lipinski definition) is 2. The first-order valence-corrected chi connectivity index (χ1v) is 8.31. The summed E-state index contributed by atoms with van der Waals surface area (Å²) < 4.78 is 26.8. The first-order chi connectivity index (χ1) is 9.38. The maximum atomic E-state index is 12.2. The van der Waals surface area contributed by atoms with Crippen molar-refractivity contribution in [1.29, 1.82) is 0 Å². The van der Waals surface area contributed by atoms with Gasteiger partial charge in [0.25, 0.3) is 0 Å². The van der Waals surface area contributed by atoms with Crippen molar-refractivity contribution in [2.75, 3.05) is 27.2 Å². The molecule has 112 valence electrons. The van der Waals surface area contributed by atoms with Crippen molar-refractivity contribution in [3.05, 3.63) is 29.3 Å². The Kier molecular flexibility index (Phi) is 4.80. The van der Waals surface area contributed by atoms with Crippen LogP contribution in [0.25, 0.3) is 0 Å². The van der Waals surface area contributed by atoms with Crippen molar-refractivity contribution in [2.24, 2.45) is 0 Å². The highest BCUT2D eigenvalue weighted by molar-refractivity contribution is 7.89. The molecule has 0 heterocycles. The van der Waals surface area contributed by atoms with E-state index in [1.165, 1.54) is 5.56 Å². The van der Waals surface area contributed by atoms with Crippen molar-refractivity contribution in [1.82, 2.24) is 9.62 Å². The Labute approximate surface area is 120 Å². The lowest BCUT2D eigenvalue weighted by Gasteiger charge is -2.16. The number of benzene rings is 1. The Balaban J connectivity index is 2.03. The average Bonchev–Trinajstić information content (AvgIpc) is 2.83. The number of hydrogen-bond acceptors (Lipinski definition) is 4. The van der Waals surface area contributed by atoms with Crippen LogP contribution < -0.4 is 4.72 Å². The van der Waals surface area contributed by atoms with Gasteiger partial charge in [-0.3, -0.25) is 0 Å². The first kappa shape index (κ1) is 15.4. The normalized spacial score (nSPS) is 16.4. The van der Waals surface area contributed by atoms with Crippen molar-refractivity contribution in [2.45, 2.75) is 30.3 Å². The molecule has 0 saturated carbocycles. The van der Waals surface area contributed by atoms with E-state index < -0.39 is 16.1 Å². The van der Waals surface area contributed by atoms with E-state index in [1.807, 2.05) is 25.1 Å². The van der Waals surface area contributed by atoms with Crippen LogP contribution >= 0.6 is 0 Å². The molecule has 1 aliphatic rings. The van der Waals surface area contributed by atoms with E-state index in [0.29, 0.717) is 6.54 Å². The van der Waals surface area contributed by atoms with Gasteiger partial charge in [-0.05, 0) is 56.6 Å². The molecule has 0 spiro atoms. The van der Waals surface area contributed by atoms with Gasteiger partial charge in [-0.25, -0.2) is 13.1 Å². The number of aliphatic hydroxyl groups excluding tert-OH is 1. The lowest BCUT2D eigenvalue weighted by atomic mass is 10.1. The minimum Gasteiger partial charge on any atom is -0.390 e. The molecule has 2 rings (SSSR count). The molecular formula is C14H22N2O3S. The molecule has 0 saturated heterocycles. The first-order valence-electron chi connectivity index (χ1n) is 6.83. The molecule has 5 nitrogen and oxygen atoms in total. The molecule has 6 heteroatoms.